The maximum atomic E-state index is 12.8. The Balaban J connectivity index is 3.41. The summed E-state index contributed by atoms with van der Waals surface area (Å²) >= 11 is 0. The Morgan fingerprint density at radius 1 is 1.45 bits per heavy atom. The SMILES string of the molecule is COC(=O)c1nc(OC(F)(F)F)c(CN)cc1C(F)F. The average molecular weight is 300 g/mol. The zero-order chi connectivity index (χ0) is 15.5. The molecule has 2 N–H and O–H groups in total. The summed E-state index contributed by atoms with van der Waals surface area (Å²) in [6, 6.07) is 0.630. The van der Waals surface area contributed by atoms with Crippen LogP contribution in [0.5, 0.6) is 5.88 Å². The van der Waals surface area contributed by atoms with Gasteiger partial charge in [0, 0.05) is 12.1 Å². The van der Waals surface area contributed by atoms with Gasteiger partial charge < -0.3 is 15.2 Å². The van der Waals surface area contributed by atoms with Crippen molar-refractivity contribution >= 4 is 5.97 Å². The highest BCUT2D eigenvalue weighted by molar-refractivity contribution is 5.89. The Morgan fingerprint density at radius 2 is 2.05 bits per heavy atom. The van der Waals surface area contributed by atoms with Gasteiger partial charge in [-0.3, -0.25) is 0 Å². The lowest BCUT2D eigenvalue weighted by Gasteiger charge is -2.14. The number of esters is 1. The van der Waals surface area contributed by atoms with Crippen LogP contribution >= 0.6 is 0 Å². The molecule has 0 saturated carbocycles. The van der Waals surface area contributed by atoms with E-state index in [0.717, 1.165) is 7.11 Å². The van der Waals surface area contributed by atoms with Crippen molar-refractivity contribution in [3.8, 4) is 5.88 Å². The molecule has 10 heteroatoms. The van der Waals surface area contributed by atoms with E-state index in [1.54, 1.807) is 0 Å². The van der Waals surface area contributed by atoms with Crippen molar-refractivity contribution in [2.45, 2.75) is 19.3 Å². The molecule has 1 rings (SSSR count). The summed E-state index contributed by atoms with van der Waals surface area (Å²) < 4.78 is 69.7. The number of aromatic nitrogens is 1. The van der Waals surface area contributed by atoms with Crippen molar-refractivity contribution in [1.29, 1.82) is 0 Å². The predicted molar refractivity (Wildman–Crippen MR) is 55.1 cm³/mol. The van der Waals surface area contributed by atoms with E-state index in [2.05, 4.69) is 14.5 Å². The van der Waals surface area contributed by atoms with Crippen molar-refractivity contribution in [1.82, 2.24) is 4.98 Å². The smallest absolute Gasteiger partial charge is 0.464 e. The quantitative estimate of drug-likeness (QED) is 0.681. The van der Waals surface area contributed by atoms with Gasteiger partial charge in [-0.25, -0.2) is 18.6 Å². The third-order valence-electron chi connectivity index (χ3n) is 2.14. The molecular weight excluding hydrogens is 291 g/mol. The number of halogens is 5. The largest absolute Gasteiger partial charge is 0.574 e. The Labute approximate surface area is 109 Å². The fraction of sp³-hybridized carbons (Fsp3) is 0.400. The molecule has 1 aromatic rings. The number of alkyl halides is 5. The lowest BCUT2D eigenvalue weighted by Crippen LogP contribution is -2.21. The maximum Gasteiger partial charge on any atom is 0.574 e. The zero-order valence-corrected chi connectivity index (χ0v) is 10.0. The molecule has 0 radical (unpaired) electrons. The second-order valence-corrected chi connectivity index (χ2v) is 3.43. The van der Waals surface area contributed by atoms with Crippen LogP contribution in [0.15, 0.2) is 6.07 Å². The van der Waals surface area contributed by atoms with Gasteiger partial charge in [0.2, 0.25) is 5.88 Å². The minimum Gasteiger partial charge on any atom is -0.464 e. The molecule has 112 valence electrons. The summed E-state index contributed by atoms with van der Waals surface area (Å²) in [6.07, 6.45) is -8.24. The van der Waals surface area contributed by atoms with Crippen molar-refractivity contribution in [2.75, 3.05) is 7.11 Å². The van der Waals surface area contributed by atoms with Crippen LogP contribution < -0.4 is 10.5 Å². The van der Waals surface area contributed by atoms with E-state index in [0.29, 0.717) is 6.07 Å². The van der Waals surface area contributed by atoms with E-state index >= 15 is 0 Å². The van der Waals surface area contributed by atoms with Gasteiger partial charge in [0.15, 0.2) is 5.69 Å². The topological polar surface area (TPSA) is 74.4 Å². The van der Waals surface area contributed by atoms with Crippen LogP contribution in [0.4, 0.5) is 22.0 Å². The monoisotopic (exact) mass is 300 g/mol. The second-order valence-electron chi connectivity index (χ2n) is 3.43. The molecule has 1 aromatic heterocycles. The first kappa shape index (κ1) is 16.1. The van der Waals surface area contributed by atoms with Crippen molar-refractivity contribution in [3.63, 3.8) is 0 Å². The predicted octanol–water partition coefficient (Wildman–Crippen LogP) is 2.16. The first-order valence-corrected chi connectivity index (χ1v) is 5.05. The molecule has 0 amide bonds. The molecule has 0 aromatic carbocycles. The van der Waals surface area contributed by atoms with Gasteiger partial charge in [0.05, 0.1) is 12.7 Å². The summed E-state index contributed by atoms with van der Waals surface area (Å²) in [6.45, 7) is -0.528. The van der Waals surface area contributed by atoms with Gasteiger partial charge in [0.25, 0.3) is 6.43 Å². The number of pyridine rings is 1. The van der Waals surface area contributed by atoms with Crippen LogP contribution in [0.25, 0.3) is 0 Å². The third kappa shape index (κ3) is 3.76. The van der Waals surface area contributed by atoms with E-state index in [9.17, 15) is 26.7 Å². The third-order valence-corrected chi connectivity index (χ3v) is 2.14. The molecule has 0 unspecified atom stereocenters. The molecule has 0 bridgehead atoms. The molecule has 5 nitrogen and oxygen atoms in total. The number of rotatable bonds is 4. The molecule has 20 heavy (non-hydrogen) atoms. The fourth-order valence-corrected chi connectivity index (χ4v) is 1.33. The van der Waals surface area contributed by atoms with Crippen molar-refractivity contribution in [2.24, 2.45) is 5.73 Å². The van der Waals surface area contributed by atoms with Crippen LogP contribution in [-0.4, -0.2) is 24.4 Å². The van der Waals surface area contributed by atoms with Crippen LogP contribution in [-0.2, 0) is 11.3 Å². The standard InChI is InChI=1S/C10H9F5N2O3/c1-19-9(18)6-5(7(11)12)2-4(3-16)8(17-6)20-10(13,14)15/h2,7H,3,16H2,1H3. The van der Waals surface area contributed by atoms with E-state index in [1.807, 2.05) is 0 Å². The number of hydrogen-bond donors (Lipinski definition) is 1. The van der Waals surface area contributed by atoms with E-state index in [-0.39, 0.29) is 0 Å². The molecule has 1 heterocycles. The van der Waals surface area contributed by atoms with Crippen LogP contribution in [0.2, 0.25) is 0 Å². The first-order chi connectivity index (χ1) is 9.19. The Morgan fingerprint density at radius 3 is 2.45 bits per heavy atom. The fourth-order valence-electron chi connectivity index (χ4n) is 1.33. The maximum absolute atomic E-state index is 12.8. The molecule has 0 spiro atoms. The average Bonchev–Trinajstić information content (AvgIpc) is 2.35. The highest BCUT2D eigenvalue weighted by Crippen LogP contribution is 2.30. The van der Waals surface area contributed by atoms with Gasteiger partial charge >= 0.3 is 12.3 Å². The Kier molecular flexibility index (Phi) is 4.82. The summed E-state index contributed by atoms with van der Waals surface area (Å²) in [4.78, 5) is 14.4. The van der Waals surface area contributed by atoms with Gasteiger partial charge in [-0.15, -0.1) is 13.2 Å². The van der Waals surface area contributed by atoms with Crippen molar-refractivity contribution in [3.05, 3.63) is 22.9 Å². The number of hydrogen-bond acceptors (Lipinski definition) is 5. The van der Waals surface area contributed by atoms with Crippen LogP contribution in [0, 0.1) is 0 Å². The van der Waals surface area contributed by atoms with Gasteiger partial charge in [-0.05, 0) is 6.07 Å². The molecule has 0 aliphatic carbocycles. The Hall–Kier alpha value is -1.97. The highest BCUT2D eigenvalue weighted by atomic mass is 19.4. The van der Waals surface area contributed by atoms with Gasteiger partial charge in [-0.1, -0.05) is 0 Å². The Bertz CT molecular complexity index is 504. The summed E-state index contributed by atoms with van der Waals surface area (Å²) in [5, 5.41) is 0. The van der Waals surface area contributed by atoms with Crippen LogP contribution in [0.1, 0.15) is 28.0 Å². The molecule has 0 atom stereocenters. The molecule has 0 aliphatic heterocycles. The highest BCUT2D eigenvalue weighted by Gasteiger charge is 2.34. The van der Waals surface area contributed by atoms with E-state index < -0.39 is 48.0 Å². The number of nitrogens with two attached hydrogens (primary N) is 1. The minimum atomic E-state index is -5.10. The number of ether oxygens (including phenoxy) is 2. The van der Waals surface area contributed by atoms with Crippen molar-refractivity contribution < 1.29 is 36.2 Å². The number of nitrogens with zero attached hydrogens (tertiary/aromatic N) is 1. The molecule has 0 saturated heterocycles. The number of carbonyl (C=O) groups is 1. The lowest BCUT2D eigenvalue weighted by atomic mass is 10.1. The summed E-state index contributed by atoms with van der Waals surface area (Å²) in [7, 11) is 0.875. The zero-order valence-electron chi connectivity index (χ0n) is 10.0. The van der Waals surface area contributed by atoms with E-state index in [4.69, 9.17) is 5.73 Å². The van der Waals surface area contributed by atoms with E-state index in [1.165, 1.54) is 0 Å². The first-order valence-electron chi connectivity index (χ1n) is 5.05. The minimum absolute atomic E-state index is 0.412. The summed E-state index contributed by atoms with van der Waals surface area (Å²) in [5.41, 5.74) is 2.90. The lowest BCUT2D eigenvalue weighted by molar-refractivity contribution is -0.276. The molecule has 0 aliphatic rings. The number of carbonyl (C=O) groups excluding carboxylic acids is 1. The van der Waals surface area contributed by atoms with Crippen LogP contribution in [0.3, 0.4) is 0 Å². The summed E-state index contributed by atoms with van der Waals surface area (Å²) in [5.74, 6) is -2.37. The molecule has 0 fully saturated rings. The van der Waals surface area contributed by atoms with Gasteiger partial charge in [0.1, 0.15) is 0 Å². The van der Waals surface area contributed by atoms with Gasteiger partial charge in [-0.2, -0.15) is 0 Å². The molecular formula is C10H9F5N2O3. The number of methoxy groups -OCH3 is 1. The second kappa shape index (κ2) is 5.99. The normalized spacial score (nSPS) is 11.6.